The molecule has 1 aromatic carbocycles. The van der Waals surface area contributed by atoms with Crippen LogP contribution >= 0.6 is 24.0 Å². The molecule has 26 heavy (non-hydrogen) atoms. The number of hydrogen-bond acceptors (Lipinski definition) is 6. The van der Waals surface area contributed by atoms with Crippen LogP contribution < -0.4 is 10.2 Å². The van der Waals surface area contributed by atoms with Gasteiger partial charge in [-0.05, 0) is 30.5 Å². The van der Waals surface area contributed by atoms with E-state index >= 15 is 0 Å². The van der Waals surface area contributed by atoms with Gasteiger partial charge in [-0.25, -0.2) is 0 Å². The second kappa shape index (κ2) is 10.4. The monoisotopic (exact) mass is 395 g/mol. The number of nitrogens with zero attached hydrogens (tertiary/aromatic N) is 2. The van der Waals surface area contributed by atoms with Gasteiger partial charge in [0, 0.05) is 39.4 Å². The second-order valence-corrected chi connectivity index (χ2v) is 7.86. The summed E-state index contributed by atoms with van der Waals surface area (Å²) in [6, 6.07) is 7.89. The fraction of sp³-hybridized carbons (Fsp3) is 0.500. The van der Waals surface area contributed by atoms with Crippen molar-refractivity contribution in [1.82, 2.24) is 10.2 Å². The Labute approximate surface area is 164 Å². The summed E-state index contributed by atoms with van der Waals surface area (Å²) >= 11 is 6.58. The van der Waals surface area contributed by atoms with Gasteiger partial charge in [-0.15, -0.1) is 0 Å². The molecule has 0 spiro atoms. The lowest BCUT2D eigenvalue weighted by atomic mass is 10.2. The normalized spacial score (nSPS) is 13.4. The molecule has 0 unspecified atom stereocenters. The number of carbonyl (C=O) groups is 2. The van der Waals surface area contributed by atoms with Gasteiger partial charge >= 0.3 is 5.97 Å². The molecular weight excluding hydrogens is 370 g/mol. The molecule has 1 aliphatic rings. The summed E-state index contributed by atoms with van der Waals surface area (Å²) < 4.78 is 5.73. The predicted octanol–water partition coefficient (Wildman–Crippen LogP) is 2.03. The maximum Gasteiger partial charge on any atom is 0.316 e. The van der Waals surface area contributed by atoms with Crippen molar-refractivity contribution in [3.63, 3.8) is 0 Å². The van der Waals surface area contributed by atoms with Gasteiger partial charge in [0.15, 0.2) is 6.61 Å². The molecule has 0 atom stereocenters. The van der Waals surface area contributed by atoms with Crippen LogP contribution in [0.5, 0.6) is 0 Å². The van der Waals surface area contributed by atoms with E-state index in [4.69, 9.17) is 17.0 Å². The fourth-order valence-electron chi connectivity index (χ4n) is 2.46. The first-order valence-corrected chi connectivity index (χ1v) is 9.95. The Kier molecular flexibility index (Phi) is 8.18. The molecule has 1 heterocycles. The number of nitrogens with one attached hydrogen (secondary N) is 1. The van der Waals surface area contributed by atoms with Crippen molar-refractivity contribution in [3.05, 3.63) is 29.8 Å². The van der Waals surface area contributed by atoms with E-state index in [1.54, 1.807) is 0 Å². The highest BCUT2D eigenvalue weighted by Crippen LogP contribution is 2.16. The average Bonchev–Trinajstić information content (AvgIpc) is 3.17. The van der Waals surface area contributed by atoms with Crippen molar-refractivity contribution in [1.29, 1.82) is 0 Å². The van der Waals surface area contributed by atoms with E-state index < -0.39 is 5.97 Å². The van der Waals surface area contributed by atoms with Crippen molar-refractivity contribution in [2.45, 2.75) is 19.4 Å². The topological polar surface area (TPSA) is 61.9 Å². The summed E-state index contributed by atoms with van der Waals surface area (Å²) in [4.78, 5) is 27.7. The van der Waals surface area contributed by atoms with Gasteiger partial charge in [0.25, 0.3) is 5.91 Å². The number of rotatable bonds is 7. The van der Waals surface area contributed by atoms with Crippen molar-refractivity contribution >= 4 is 45.9 Å². The van der Waals surface area contributed by atoms with Gasteiger partial charge in [0.2, 0.25) is 0 Å². The Bertz CT molecular complexity index is 629. The standard InChI is InChI=1S/C18H25N3O3S2/c1-20(2)15-7-5-14(6-8-15)11-19-16(22)12-24-17(23)13-26-18(25)21-9-3-4-10-21/h5-8H,3-4,9-13H2,1-2H3,(H,19,22). The van der Waals surface area contributed by atoms with Crippen LogP contribution in [0.15, 0.2) is 24.3 Å². The predicted molar refractivity (Wildman–Crippen MR) is 109 cm³/mol. The first kappa shape index (κ1) is 20.5. The van der Waals surface area contributed by atoms with Gasteiger partial charge in [0.1, 0.15) is 4.32 Å². The number of likely N-dealkylation sites (tertiary alicyclic amines) is 1. The highest BCUT2D eigenvalue weighted by Gasteiger charge is 2.17. The maximum atomic E-state index is 11.8. The number of esters is 1. The quantitative estimate of drug-likeness (QED) is 0.560. The molecule has 0 aliphatic carbocycles. The van der Waals surface area contributed by atoms with Crippen LogP contribution in [0.4, 0.5) is 5.69 Å². The van der Waals surface area contributed by atoms with E-state index in [1.165, 1.54) is 11.8 Å². The molecule has 6 nitrogen and oxygen atoms in total. The molecule has 2 rings (SSSR count). The largest absolute Gasteiger partial charge is 0.455 e. The Morgan fingerprint density at radius 2 is 1.88 bits per heavy atom. The zero-order valence-electron chi connectivity index (χ0n) is 15.2. The number of thioether (sulfide) groups is 1. The molecule has 0 radical (unpaired) electrons. The van der Waals surface area contributed by atoms with Crippen molar-refractivity contribution in [2.75, 3.05) is 44.4 Å². The molecule has 142 valence electrons. The van der Waals surface area contributed by atoms with E-state index in [0.717, 1.165) is 41.5 Å². The number of benzene rings is 1. The van der Waals surface area contributed by atoms with Crippen LogP contribution in [0.2, 0.25) is 0 Å². The van der Waals surface area contributed by atoms with E-state index in [9.17, 15) is 9.59 Å². The van der Waals surface area contributed by atoms with E-state index in [0.29, 0.717) is 6.54 Å². The fourth-order valence-corrected chi connectivity index (χ4v) is 3.51. The Balaban J connectivity index is 1.61. The molecule has 1 N–H and O–H groups in total. The number of carbonyl (C=O) groups excluding carboxylic acids is 2. The summed E-state index contributed by atoms with van der Waals surface area (Å²) in [5, 5.41) is 2.74. The number of ether oxygens (including phenoxy) is 1. The maximum absolute atomic E-state index is 11.8. The smallest absolute Gasteiger partial charge is 0.316 e. The number of thiocarbonyl (C=S) groups is 1. The molecule has 1 amide bonds. The highest BCUT2D eigenvalue weighted by atomic mass is 32.2. The molecule has 0 saturated carbocycles. The second-order valence-electron chi connectivity index (χ2n) is 6.25. The van der Waals surface area contributed by atoms with Gasteiger partial charge in [0.05, 0.1) is 5.75 Å². The van der Waals surface area contributed by atoms with E-state index in [1.807, 2.05) is 43.3 Å². The molecule has 0 bridgehead atoms. The SMILES string of the molecule is CN(C)c1ccc(CNC(=O)COC(=O)CSC(=S)N2CCCC2)cc1. The third-order valence-electron chi connectivity index (χ3n) is 3.98. The van der Waals surface area contributed by atoms with E-state index in [-0.39, 0.29) is 18.3 Å². The van der Waals surface area contributed by atoms with Crippen LogP contribution in [0, 0.1) is 0 Å². The number of anilines is 1. The van der Waals surface area contributed by atoms with Crippen LogP contribution in [0.25, 0.3) is 0 Å². The Morgan fingerprint density at radius 1 is 1.23 bits per heavy atom. The molecule has 1 aliphatic heterocycles. The van der Waals surface area contributed by atoms with Crippen LogP contribution in [0.1, 0.15) is 18.4 Å². The van der Waals surface area contributed by atoms with Gasteiger partial charge < -0.3 is 19.9 Å². The Morgan fingerprint density at radius 3 is 2.50 bits per heavy atom. The van der Waals surface area contributed by atoms with Crippen molar-refractivity contribution in [2.24, 2.45) is 0 Å². The molecule has 0 aromatic heterocycles. The molecule has 1 aromatic rings. The third kappa shape index (κ3) is 6.84. The first-order valence-electron chi connectivity index (χ1n) is 8.56. The molecule has 8 heteroatoms. The molecule has 1 fully saturated rings. The van der Waals surface area contributed by atoms with Crippen LogP contribution in [-0.4, -0.2) is 60.6 Å². The third-order valence-corrected chi connectivity index (χ3v) is 5.48. The minimum absolute atomic E-state index is 0.134. The molecular formula is C18H25N3O3S2. The number of amides is 1. The van der Waals surface area contributed by atoms with Crippen LogP contribution in [0.3, 0.4) is 0 Å². The summed E-state index contributed by atoms with van der Waals surface area (Å²) in [6.07, 6.45) is 2.28. The average molecular weight is 396 g/mol. The zero-order valence-corrected chi connectivity index (χ0v) is 16.8. The molecule has 1 saturated heterocycles. The minimum Gasteiger partial charge on any atom is -0.455 e. The van der Waals surface area contributed by atoms with E-state index in [2.05, 4.69) is 10.2 Å². The lowest BCUT2D eigenvalue weighted by Crippen LogP contribution is -2.29. The first-order chi connectivity index (χ1) is 12.5. The zero-order chi connectivity index (χ0) is 18.9. The minimum atomic E-state index is -0.429. The van der Waals surface area contributed by atoms with Gasteiger partial charge in [-0.2, -0.15) is 0 Å². The summed E-state index contributed by atoms with van der Waals surface area (Å²) in [6.45, 7) is 2.04. The highest BCUT2D eigenvalue weighted by molar-refractivity contribution is 8.23. The number of hydrogen-bond donors (Lipinski definition) is 1. The van der Waals surface area contributed by atoms with Crippen molar-refractivity contribution in [3.8, 4) is 0 Å². The van der Waals surface area contributed by atoms with Gasteiger partial charge in [-0.3, -0.25) is 9.59 Å². The summed E-state index contributed by atoms with van der Waals surface area (Å²) in [7, 11) is 3.95. The Hall–Kier alpha value is -1.80. The van der Waals surface area contributed by atoms with Gasteiger partial charge in [-0.1, -0.05) is 36.1 Å². The van der Waals surface area contributed by atoms with Crippen LogP contribution in [-0.2, 0) is 20.9 Å². The summed E-state index contributed by atoms with van der Waals surface area (Å²) in [5.41, 5.74) is 2.08. The lowest BCUT2D eigenvalue weighted by Gasteiger charge is -2.17. The van der Waals surface area contributed by atoms with Crippen molar-refractivity contribution < 1.29 is 14.3 Å². The lowest BCUT2D eigenvalue weighted by molar-refractivity contribution is -0.145. The summed E-state index contributed by atoms with van der Waals surface area (Å²) in [5.74, 6) is -0.613.